The number of carbonyl (C=O) groups excluding carboxylic acids is 2. The molecule has 0 aliphatic carbocycles. The maximum Gasteiger partial charge on any atom is 0.494 e. The average molecular weight is 781 g/mol. The number of benzene rings is 2. The van der Waals surface area contributed by atoms with E-state index in [0.29, 0.717) is 29.4 Å². The molecule has 0 radical (unpaired) electrons. The number of halogens is 1. The summed E-state index contributed by atoms with van der Waals surface area (Å²) in [6.07, 6.45) is 8.19. The third kappa shape index (κ3) is 10.1. The second-order valence-electron chi connectivity index (χ2n) is 17.2. The van der Waals surface area contributed by atoms with Gasteiger partial charge in [0.05, 0.1) is 51.5 Å². The van der Waals surface area contributed by atoms with E-state index >= 15 is 0 Å². The molecule has 0 spiro atoms. The summed E-state index contributed by atoms with van der Waals surface area (Å²) in [4.78, 5) is 33.0. The lowest BCUT2D eigenvalue weighted by Crippen LogP contribution is -2.41. The Kier molecular flexibility index (Phi) is 12.3. The molecule has 0 saturated carbocycles. The van der Waals surface area contributed by atoms with Crippen LogP contribution in [0.15, 0.2) is 73.6 Å². The summed E-state index contributed by atoms with van der Waals surface area (Å²) in [7, 11) is -0.384. The van der Waals surface area contributed by atoms with Gasteiger partial charge in [-0.05, 0) is 117 Å². The fraction of sp³-hybridized carbons (Fsp3) is 0.429. The Balaban J connectivity index is 0.000000215. The minimum atomic E-state index is -0.384. The van der Waals surface area contributed by atoms with Gasteiger partial charge in [0, 0.05) is 37.1 Å². The first kappa shape index (κ1) is 42.3. The quantitative estimate of drug-likeness (QED) is 0.125. The van der Waals surface area contributed by atoms with Crippen LogP contribution in [0.2, 0.25) is 5.15 Å². The summed E-state index contributed by atoms with van der Waals surface area (Å²) in [5, 5.41) is 14.9. The standard InChI is InChI=1S/C22H32BN3O3.C20H22ClN5O/c1-15-11-18(23-28-21(5,6)22(7,8)29-23)10-9-16(15)12-24-19(27)17-13-25-26(14-17)20(2,3)4;1-13-7-14(17-8-18(21)24-12-23-17)5-6-15(13)9-22-19(27)16-10-25-26(11-16)20(2,3)4/h9-11,13-14H,12H2,1-8H3,(H,24,27);5-8,10-12H,9H2,1-4H3,(H,22,27). The van der Waals surface area contributed by atoms with Crippen LogP contribution in [0.3, 0.4) is 0 Å². The fourth-order valence-electron chi connectivity index (χ4n) is 5.76. The smallest absolute Gasteiger partial charge is 0.399 e. The summed E-state index contributed by atoms with van der Waals surface area (Å²) in [6.45, 7) is 25.4. The van der Waals surface area contributed by atoms with E-state index in [0.717, 1.165) is 39.0 Å². The highest BCUT2D eigenvalue weighted by atomic mass is 35.5. The molecule has 1 aliphatic heterocycles. The Labute approximate surface area is 335 Å². The number of hydrogen-bond donors (Lipinski definition) is 2. The predicted molar refractivity (Wildman–Crippen MR) is 221 cm³/mol. The summed E-state index contributed by atoms with van der Waals surface area (Å²) in [5.41, 5.74) is 7.03. The lowest BCUT2D eigenvalue weighted by Gasteiger charge is -2.32. The molecule has 14 heteroatoms. The van der Waals surface area contributed by atoms with Crippen LogP contribution in [-0.4, -0.2) is 59.7 Å². The van der Waals surface area contributed by atoms with Crippen LogP contribution in [0, 0.1) is 13.8 Å². The minimum absolute atomic E-state index is 0.130. The van der Waals surface area contributed by atoms with E-state index in [1.54, 1.807) is 40.2 Å². The Bertz CT molecular complexity index is 2180. The molecule has 12 nitrogen and oxygen atoms in total. The second-order valence-corrected chi connectivity index (χ2v) is 17.6. The maximum atomic E-state index is 12.5. The Morgan fingerprint density at radius 3 is 1.64 bits per heavy atom. The summed E-state index contributed by atoms with van der Waals surface area (Å²) in [6, 6.07) is 13.8. The first-order valence-electron chi connectivity index (χ1n) is 18.7. The number of aromatic nitrogens is 6. The molecule has 2 aromatic carbocycles. The molecule has 3 aromatic heterocycles. The van der Waals surface area contributed by atoms with Crippen molar-refractivity contribution in [3.63, 3.8) is 0 Å². The van der Waals surface area contributed by atoms with E-state index < -0.39 is 0 Å². The monoisotopic (exact) mass is 780 g/mol. The van der Waals surface area contributed by atoms with Gasteiger partial charge in [0.25, 0.3) is 11.8 Å². The van der Waals surface area contributed by atoms with Gasteiger partial charge < -0.3 is 19.9 Å². The highest BCUT2D eigenvalue weighted by molar-refractivity contribution is 6.62. The van der Waals surface area contributed by atoms with Crippen LogP contribution >= 0.6 is 11.6 Å². The first-order valence-corrected chi connectivity index (χ1v) is 19.1. The number of hydrogen-bond acceptors (Lipinski definition) is 8. The zero-order valence-corrected chi connectivity index (χ0v) is 35.4. The fourth-order valence-corrected chi connectivity index (χ4v) is 5.90. The van der Waals surface area contributed by atoms with Gasteiger partial charge >= 0.3 is 7.12 Å². The molecule has 1 fully saturated rings. The van der Waals surface area contributed by atoms with Crippen LogP contribution < -0.4 is 16.1 Å². The average Bonchev–Trinajstić information content (AvgIpc) is 3.86. The highest BCUT2D eigenvalue weighted by Crippen LogP contribution is 2.36. The molecule has 4 heterocycles. The van der Waals surface area contributed by atoms with Crippen molar-refractivity contribution in [2.45, 2.75) is 118 Å². The molecule has 56 heavy (non-hydrogen) atoms. The van der Waals surface area contributed by atoms with Gasteiger partial charge in [-0.15, -0.1) is 0 Å². The van der Waals surface area contributed by atoms with Crippen molar-refractivity contribution < 1.29 is 18.9 Å². The van der Waals surface area contributed by atoms with Crippen molar-refractivity contribution in [2.24, 2.45) is 0 Å². The molecule has 0 bridgehead atoms. The van der Waals surface area contributed by atoms with Crippen molar-refractivity contribution in [1.82, 2.24) is 40.2 Å². The molecule has 0 atom stereocenters. The molecule has 5 aromatic rings. The van der Waals surface area contributed by atoms with Gasteiger partial charge in [0.2, 0.25) is 0 Å². The van der Waals surface area contributed by atoms with Crippen molar-refractivity contribution >= 4 is 36.0 Å². The van der Waals surface area contributed by atoms with Crippen LogP contribution in [0.1, 0.15) is 112 Å². The number of amides is 2. The third-order valence-corrected chi connectivity index (χ3v) is 10.3. The SMILES string of the molecule is Cc1cc(-c2cc(Cl)ncn2)ccc1CNC(=O)c1cnn(C(C)(C)C)c1.Cc1cc(B2OC(C)(C)C(C)(C)O2)ccc1CNC(=O)c1cnn(C(C)(C)C)c1. The Hall–Kier alpha value is -4.85. The number of nitrogens with one attached hydrogen (secondary N) is 2. The van der Waals surface area contributed by atoms with Crippen molar-refractivity contribution in [3.8, 4) is 11.3 Å². The lowest BCUT2D eigenvalue weighted by atomic mass is 9.78. The van der Waals surface area contributed by atoms with Crippen molar-refractivity contribution in [2.75, 3.05) is 0 Å². The van der Waals surface area contributed by atoms with E-state index in [2.05, 4.69) is 36.9 Å². The van der Waals surface area contributed by atoms with Crippen LogP contribution in [0.5, 0.6) is 0 Å². The number of carbonyl (C=O) groups is 2. The molecule has 2 amide bonds. The summed E-state index contributed by atoms with van der Waals surface area (Å²) >= 11 is 5.93. The largest absolute Gasteiger partial charge is 0.494 e. The molecule has 6 rings (SSSR count). The Morgan fingerprint density at radius 2 is 1.21 bits per heavy atom. The molecule has 0 unspecified atom stereocenters. The molecule has 1 aliphatic rings. The molecule has 2 N–H and O–H groups in total. The van der Waals surface area contributed by atoms with Gasteiger partial charge in [-0.2, -0.15) is 10.2 Å². The van der Waals surface area contributed by atoms with E-state index in [9.17, 15) is 9.59 Å². The van der Waals surface area contributed by atoms with Gasteiger partial charge in [0.15, 0.2) is 0 Å². The van der Waals surface area contributed by atoms with Gasteiger partial charge in [0.1, 0.15) is 11.5 Å². The summed E-state index contributed by atoms with van der Waals surface area (Å²) in [5.74, 6) is -0.272. The molecule has 1 saturated heterocycles. The van der Waals surface area contributed by atoms with Crippen LogP contribution in [-0.2, 0) is 33.5 Å². The van der Waals surface area contributed by atoms with Crippen molar-refractivity contribution in [3.05, 3.63) is 112 Å². The zero-order chi connectivity index (χ0) is 41.2. The van der Waals surface area contributed by atoms with Crippen LogP contribution in [0.4, 0.5) is 0 Å². The van der Waals surface area contributed by atoms with Gasteiger partial charge in [-0.1, -0.05) is 41.9 Å². The van der Waals surface area contributed by atoms with Crippen LogP contribution in [0.25, 0.3) is 11.3 Å². The predicted octanol–water partition coefficient (Wildman–Crippen LogP) is 7.16. The Morgan fingerprint density at radius 1 is 0.732 bits per heavy atom. The lowest BCUT2D eigenvalue weighted by molar-refractivity contribution is 0.00578. The van der Waals surface area contributed by atoms with E-state index in [1.807, 2.05) is 113 Å². The van der Waals surface area contributed by atoms with E-state index in [1.165, 1.54) is 6.33 Å². The van der Waals surface area contributed by atoms with Crippen molar-refractivity contribution in [1.29, 1.82) is 0 Å². The first-order chi connectivity index (χ1) is 26.0. The zero-order valence-electron chi connectivity index (χ0n) is 34.6. The summed E-state index contributed by atoms with van der Waals surface area (Å²) < 4.78 is 15.8. The molecular weight excluding hydrogens is 727 g/mol. The number of aryl methyl sites for hydroxylation is 2. The van der Waals surface area contributed by atoms with E-state index in [4.69, 9.17) is 20.9 Å². The molecular formula is C42H54BClN8O4. The number of rotatable bonds is 8. The minimum Gasteiger partial charge on any atom is -0.399 e. The van der Waals surface area contributed by atoms with Gasteiger partial charge in [-0.3, -0.25) is 19.0 Å². The highest BCUT2D eigenvalue weighted by Gasteiger charge is 2.51. The maximum absolute atomic E-state index is 12.5. The van der Waals surface area contributed by atoms with E-state index in [-0.39, 0.29) is 41.2 Å². The number of nitrogens with zero attached hydrogens (tertiary/aromatic N) is 6. The topological polar surface area (TPSA) is 138 Å². The second kappa shape index (κ2) is 16.3. The van der Waals surface area contributed by atoms with Gasteiger partial charge in [-0.25, -0.2) is 9.97 Å². The normalized spacial score (nSPS) is 14.9. The molecule has 296 valence electrons. The third-order valence-electron chi connectivity index (χ3n) is 10.1.